The highest BCUT2D eigenvalue weighted by atomic mass is 35.5. The molecule has 3 aromatic rings. The van der Waals surface area contributed by atoms with Gasteiger partial charge in [-0.2, -0.15) is 0 Å². The molecule has 1 amide bonds. The highest BCUT2D eigenvalue weighted by molar-refractivity contribution is 6.32. The molecule has 2 saturated carbocycles. The van der Waals surface area contributed by atoms with Crippen LogP contribution < -0.4 is 14.8 Å². The second-order valence-electron chi connectivity index (χ2n) is 13.9. The minimum Gasteiger partial charge on any atom is -0.507 e. The molecule has 3 aromatic carbocycles. The number of ether oxygens (including phenoxy) is 2. The fourth-order valence-electron chi connectivity index (χ4n) is 7.25. The number of benzene rings is 3. The summed E-state index contributed by atoms with van der Waals surface area (Å²) in [5, 5.41) is 16.1. The minimum atomic E-state index is -0.412. The number of nitrogens with one attached hydrogen (secondary N) is 1. The van der Waals surface area contributed by atoms with Gasteiger partial charge in [-0.15, -0.1) is 0 Å². The molecule has 0 spiro atoms. The fraction of sp³-hybridized carbons (Fsp3) is 0.541. The van der Waals surface area contributed by atoms with Crippen LogP contribution >= 0.6 is 11.6 Å². The Kier molecular flexibility index (Phi) is 9.80. The van der Waals surface area contributed by atoms with Gasteiger partial charge in [0, 0.05) is 12.1 Å². The number of anilines is 1. The summed E-state index contributed by atoms with van der Waals surface area (Å²) in [5.74, 6) is 3.57. The zero-order chi connectivity index (χ0) is 30.8. The van der Waals surface area contributed by atoms with E-state index in [2.05, 4.69) is 46.9 Å². The second-order valence-corrected chi connectivity index (χ2v) is 14.3. The number of aromatic hydroxyl groups is 1. The summed E-state index contributed by atoms with van der Waals surface area (Å²) in [6, 6.07) is 14.7. The summed E-state index contributed by atoms with van der Waals surface area (Å²) in [6.45, 7) is 13.6. The van der Waals surface area contributed by atoms with Crippen LogP contribution in [0, 0.1) is 35.5 Å². The van der Waals surface area contributed by atoms with Gasteiger partial charge >= 0.3 is 0 Å². The zero-order valence-electron chi connectivity index (χ0n) is 26.5. The normalized spacial score (nSPS) is 26.1. The first-order chi connectivity index (χ1) is 20.5. The van der Waals surface area contributed by atoms with E-state index in [1.165, 1.54) is 12.8 Å². The van der Waals surface area contributed by atoms with Crippen molar-refractivity contribution in [3.63, 3.8) is 0 Å². The number of phenols is 1. The van der Waals surface area contributed by atoms with Gasteiger partial charge in [0.25, 0.3) is 5.91 Å². The third-order valence-electron chi connectivity index (χ3n) is 9.87. The molecule has 2 N–H and O–H groups in total. The van der Waals surface area contributed by atoms with E-state index in [9.17, 15) is 9.90 Å². The Hall–Kier alpha value is -2.92. The van der Waals surface area contributed by atoms with Gasteiger partial charge in [0.05, 0.1) is 16.3 Å². The molecule has 5 rings (SSSR count). The van der Waals surface area contributed by atoms with E-state index in [-0.39, 0.29) is 23.5 Å². The van der Waals surface area contributed by atoms with Crippen LogP contribution in [0.5, 0.6) is 17.2 Å². The molecule has 232 valence electrons. The molecule has 2 fully saturated rings. The quantitative estimate of drug-likeness (QED) is 0.268. The summed E-state index contributed by atoms with van der Waals surface area (Å²) >= 11 is 6.92. The largest absolute Gasteiger partial charge is 0.507 e. The minimum absolute atomic E-state index is 0.0147. The lowest BCUT2D eigenvalue weighted by molar-refractivity contribution is 0.0436. The Balaban J connectivity index is 1.50. The monoisotopic (exact) mass is 605 g/mol. The molecule has 2 aliphatic rings. The summed E-state index contributed by atoms with van der Waals surface area (Å²) < 4.78 is 13.4. The smallest absolute Gasteiger partial charge is 0.259 e. The molecule has 0 bridgehead atoms. The van der Waals surface area contributed by atoms with Crippen LogP contribution in [0.15, 0.2) is 48.5 Å². The molecule has 6 heteroatoms. The van der Waals surface area contributed by atoms with Crippen molar-refractivity contribution < 1.29 is 19.4 Å². The standard InChI is InChI=1S/C37H48ClNO4/c1-21(2)27-13-11-23(5)15-33(27)42-35-20-31(39-37(41)29-17-25-9-7-8-10-26(25)18-32(29)40)36(19-30(35)38)43-34-16-24(6)12-14-28(34)22(3)4/h7-10,17-24,27-28,33-34,40H,11-16H2,1-6H3,(H,39,41). The highest BCUT2D eigenvalue weighted by Crippen LogP contribution is 2.44. The topological polar surface area (TPSA) is 67.8 Å². The Morgan fingerprint density at radius 2 is 1.35 bits per heavy atom. The number of amides is 1. The average Bonchev–Trinajstić information content (AvgIpc) is 2.94. The molecular weight excluding hydrogens is 558 g/mol. The van der Waals surface area contributed by atoms with E-state index in [1.807, 2.05) is 30.3 Å². The van der Waals surface area contributed by atoms with Crippen molar-refractivity contribution in [3.05, 3.63) is 59.1 Å². The van der Waals surface area contributed by atoms with Crippen LogP contribution in [-0.2, 0) is 0 Å². The van der Waals surface area contributed by atoms with Gasteiger partial charge in [-0.3, -0.25) is 4.79 Å². The molecule has 0 heterocycles. The Labute approximate surface area is 262 Å². The van der Waals surface area contributed by atoms with E-state index >= 15 is 0 Å². The van der Waals surface area contributed by atoms with Crippen molar-refractivity contribution in [2.45, 2.75) is 92.3 Å². The SMILES string of the molecule is CC1CCC(C(C)C)C(Oc2cc(NC(=O)c3cc4ccccc4cc3O)c(OC3CC(C)CCC3C(C)C)cc2Cl)C1. The number of phenolic OH excluding ortho intramolecular Hbond substituents is 1. The maximum atomic E-state index is 13.7. The Morgan fingerprint density at radius 3 is 1.91 bits per heavy atom. The fourth-order valence-corrected chi connectivity index (χ4v) is 7.45. The van der Waals surface area contributed by atoms with Crippen LogP contribution in [0.3, 0.4) is 0 Å². The van der Waals surface area contributed by atoms with Crippen LogP contribution in [-0.4, -0.2) is 23.2 Å². The average molecular weight is 606 g/mol. The predicted octanol–water partition coefficient (Wildman–Crippen LogP) is 10.1. The molecule has 0 radical (unpaired) electrons. The molecular formula is C37H48ClNO4. The van der Waals surface area contributed by atoms with Crippen molar-refractivity contribution >= 4 is 34.0 Å². The van der Waals surface area contributed by atoms with E-state index in [0.29, 0.717) is 57.7 Å². The van der Waals surface area contributed by atoms with Crippen LogP contribution in [0.1, 0.15) is 90.4 Å². The second kappa shape index (κ2) is 13.4. The summed E-state index contributed by atoms with van der Waals surface area (Å²) in [7, 11) is 0. The first-order valence-corrected chi connectivity index (χ1v) is 16.6. The zero-order valence-corrected chi connectivity index (χ0v) is 27.3. The van der Waals surface area contributed by atoms with Crippen molar-refractivity contribution in [1.82, 2.24) is 0 Å². The van der Waals surface area contributed by atoms with Gasteiger partial charge in [-0.05, 0) is 84.1 Å². The first kappa shape index (κ1) is 31.5. The van der Waals surface area contributed by atoms with Crippen molar-refractivity contribution in [3.8, 4) is 17.2 Å². The van der Waals surface area contributed by atoms with E-state index in [4.69, 9.17) is 21.1 Å². The molecule has 0 saturated heterocycles. The molecule has 0 aliphatic heterocycles. The van der Waals surface area contributed by atoms with Crippen molar-refractivity contribution in [2.24, 2.45) is 35.5 Å². The lowest BCUT2D eigenvalue weighted by Gasteiger charge is -2.38. The van der Waals surface area contributed by atoms with Crippen LogP contribution in [0.4, 0.5) is 5.69 Å². The lowest BCUT2D eigenvalue weighted by Crippen LogP contribution is -2.37. The maximum absolute atomic E-state index is 13.7. The molecule has 6 unspecified atom stereocenters. The Morgan fingerprint density at radius 1 is 0.814 bits per heavy atom. The third-order valence-corrected chi connectivity index (χ3v) is 10.2. The first-order valence-electron chi connectivity index (χ1n) is 16.2. The molecule has 6 atom stereocenters. The number of hydrogen-bond acceptors (Lipinski definition) is 4. The summed E-state index contributed by atoms with van der Waals surface area (Å²) in [4.78, 5) is 13.7. The molecule has 2 aliphatic carbocycles. The summed E-state index contributed by atoms with van der Waals surface area (Å²) in [5.41, 5.74) is 0.706. The molecule has 0 aromatic heterocycles. The van der Waals surface area contributed by atoms with Crippen molar-refractivity contribution in [2.75, 3.05) is 5.32 Å². The number of halogens is 1. The maximum Gasteiger partial charge on any atom is 0.259 e. The Bertz CT molecular complexity index is 1440. The molecule has 5 nitrogen and oxygen atoms in total. The third kappa shape index (κ3) is 7.25. The van der Waals surface area contributed by atoms with E-state index in [0.717, 1.165) is 36.5 Å². The van der Waals surface area contributed by atoms with Gasteiger partial charge in [-0.25, -0.2) is 0 Å². The predicted molar refractivity (Wildman–Crippen MR) is 177 cm³/mol. The van der Waals surface area contributed by atoms with Gasteiger partial charge < -0.3 is 19.9 Å². The van der Waals surface area contributed by atoms with Gasteiger partial charge in [-0.1, -0.05) is 90.3 Å². The van der Waals surface area contributed by atoms with E-state index in [1.54, 1.807) is 18.2 Å². The van der Waals surface area contributed by atoms with E-state index < -0.39 is 5.91 Å². The number of rotatable bonds is 8. The van der Waals surface area contributed by atoms with Crippen LogP contribution in [0.25, 0.3) is 10.8 Å². The number of fused-ring (bicyclic) bond motifs is 1. The van der Waals surface area contributed by atoms with Gasteiger partial charge in [0.15, 0.2) is 0 Å². The number of hydrogen-bond donors (Lipinski definition) is 2. The summed E-state index contributed by atoms with van der Waals surface area (Å²) in [6.07, 6.45) is 6.62. The van der Waals surface area contributed by atoms with Gasteiger partial charge in [0.2, 0.25) is 0 Å². The highest BCUT2D eigenvalue weighted by Gasteiger charge is 2.35. The van der Waals surface area contributed by atoms with Gasteiger partial charge in [0.1, 0.15) is 29.5 Å². The van der Waals surface area contributed by atoms with Crippen LogP contribution in [0.2, 0.25) is 5.02 Å². The molecule has 43 heavy (non-hydrogen) atoms. The number of carbonyl (C=O) groups excluding carboxylic acids is 1. The number of carbonyl (C=O) groups is 1. The lowest BCUT2D eigenvalue weighted by atomic mass is 9.75. The van der Waals surface area contributed by atoms with Crippen molar-refractivity contribution in [1.29, 1.82) is 0 Å².